The summed E-state index contributed by atoms with van der Waals surface area (Å²) < 4.78 is 0. The van der Waals surface area contributed by atoms with Crippen molar-refractivity contribution in [2.24, 2.45) is 5.73 Å². The van der Waals surface area contributed by atoms with Gasteiger partial charge in [0.2, 0.25) is 5.91 Å². The Labute approximate surface area is 109 Å². The second-order valence-electron chi connectivity index (χ2n) is 4.61. The van der Waals surface area contributed by atoms with Crippen LogP contribution in [0.5, 0.6) is 0 Å². The normalized spacial score (nSPS) is 11.0. The third-order valence-electron chi connectivity index (χ3n) is 2.93. The summed E-state index contributed by atoms with van der Waals surface area (Å²) in [5, 5.41) is 2.90. The van der Waals surface area contributed by atoms with Crippen molar-refractivity contribution in [2.45, 2.75) is 33.4 Å². The Morgan fingerprint density at radius 3 is 2.72 bits per heavy atom. The molecule has 0 aliphatic heterocycles. The zero-order valence-electron chi connectivity index (χ0n) is 11.4. The van der Waals surface area contributed by atoms with Crippen LogP contribution < -0.4 is 11.1 Å². The van der Waals surface area contributed by atoms with Gasteiger partial charge in [-0.05, 0) is 38.1 Å². The van der Waals surface area contributed by atoms with Crippen LogP contribution in [0.15, 0.2) is 24.3 Å². The van der Waals surface area contributed by atoms with Gasteiger partial charge in [0.05, 0.1) is 6.54 Å². The minimum atomic E-state index is 0.0136. The van der Waals surface area contributed by atoms with Gasteiger partial charge in [0.1, 0.15) is 0 Å². The molecule has 0 radical (unpaired) electrons. The molecule has 0 heterocycles. The Hall–Kier alpha value is -1.39. The largest absolute Gasteiger partial charge is 0.326 e. The number of hydrogen-bond acceptors (Lipinski definition) is 3. The molecule has 0 atom stereocenters. The minimum absolute atomic E-state index is 0.0136. The zero-order chi connectivity index (χ0) is 13.5. The summed E-state index contributed by atoms with van der Waals surface area (Å²) in [6.45, 7) is 8.01. The Morgan fingerprint density at radius 1 is 1.44 bits per heavy atom. The summed E-state index contributed by atoms with van der Waals surface area (Å²) in [4.78, 5) is 14.0. The van der Waals surface area contributed by atoms with Gasteiger partial charge in [-0.15, -0.1) is 0 Å². The van der Waals surface area contributed by atoms with Crippen LogP contribution in [-0.4, -0.2) is 29.9 Å². The number of carbonyl (C=O) groups excluding carboxylic acids is 1. The molecule has 4 nitrogen and oxygen atoms in total. The van der Waals surface area contributed by atoms with Crippen molar-refractivity contribution >= 4 is 11.6 Å². The Morgan fingerprint density at radius 2 is 2.17 bits per heavy atom. The lowest BCUT2D eigenvalue weighted by molar-refractivity contribution is -0.117. The SMILES string of the molecule is CCN(CC(=O)Nc1cccc(CN)c1)C(C)C. The summed E-state index contributed by atoms with van der Waals surface area (Å²) in [5.41, 5.74) is 7.40. The van der Waals surface area contributed by atoms with Gasteiger partial charge >= 0.3 is 0 Å². The maximum atomic E-state index is 11.9. The van der Waals surface area contributed by atoms with Gasteiger partial charge in [0, 0.05) is 18.3 Å². The highest BCUT2D eigenvalue weighted by molar-refractivity contribution is 5.92. The molecule has 0 fully saturated rings. The molecule has 1 rings (SSSR count). The Bertz CT molecular complexity index is 390. The predicted molar refractivity (Wildman–Crippen MR) is 75.3 cm³/mol. The minimum Gasteiger partial charge on any atom is -0.326 e. The molecule has 0 aromatic heterocycles. The third kappa shape index (κ3) is 4.47. The molecule has 1 aromatic rings. The molecule has 0 aliphatic rings. The van der Waals surface area contributed by atoms with Crippen molar-refractivity contribution in [1.82, 2.24) is 4.90 Å². The van der Waals surface area contributed by atoms with Crippen molar-refractivity contribution in [3.63, 3.8) is 0 Å². The molecule has 0 aliphatic carbocycles. The second-order valence-corrected chi connectivity index (χ2v) is 4.61. The van der Waals surface area contributed by atoms with Crippen LogP contribution in [-0.2, 0) is 11.3 Å². The van der Waals surface area contributed by atoms with Crippen molar-refractivity contribution in [1.29, 1.82) is 0 Å². The second kappa shape index (κ2) is 7.13. The van der Waals surface area contributed by atoms with Crippen molar-refractivity contribution in [2.75, 3.05) is 18.4 Å². The molecule has 18 heavy (non-hydrogen) atoms. The van der Waals surface area contributed by atoms with Gasteiger partial charge in [-0.1, -0.05) is 19.1 Å². The molecule has 0 saturated carbocycles. The highest BCUT2D eigenvalue weighted by Gasteiger charge is 2.12. The molecular formula is C14H23N3O. The topological polar surface area (TPSA) is 58.4 Å². The maximum absolute atomic E-state index is 11.9. The fraction of sp³-hybridized carbons (Fsp3) is 0.500. The molecular weight excluding hydrogens is 226 g/mol. The van der Waals surface area contributed by atoms with E-state index in [0.29, 0.717) is 19.1 Å². The zero-order valence-corrected chi connectivity index (χ0v) is 11.4. The van der Waals surface area contributed by atoms with E-state index in [1.165, 1.54) is 0 Å². The van der Waals surface area contributed by atoms with E-state index in [1.54, 1.807) is 0 Å². The van der Waals surface area contributed by atoms with E-state index in [0.717, 1.165) is 17.8 Å². The monoisotopic (exact) mass is 249 g/mol. The lowest BCUT2D eigenvalue weighted by atomic mass is 10.2. The molecule has 0 spiro atoms. The summed E-state index contributed by atoms with van der Waals surface area (Å²) in [7, 11) is 0. The van der Waals surface area contributed by atoms with E-state index >= 15 is 0 Å². The van der Waals surface area contributed by atoms with E-state index < -0.39 is 0 Å². The molecule has 4 heteroatoms. The summed E-state index contributed by atoms with van der Waals surface area (Å²) in [6, 6.07) is 8.00. The molecule has 1 aromatic carbocycles. The maximum Gasteiger partial charge on any atom is 0.238 e. The number of rotatable bonds is 6. The van der Waals surface area contributed by atoms with Crippen molar-refractivity contribution in [3.05, 3.63) is 29.8 Å². The lowest BCUT2D eigenvalue weighted by Gasteiger charge is -2.23. The number of carbonyl (C=O) groups is 1. The van der Waals surface area contributed by atoms with Gasteiger partial charge in [0.15, 0.2) is 0 Å². The van der Waals surface area contributed by atoms with Crippen LogP contribution in [0.4, 0.5) is 5.69 Å². The number of amides is 1. The molecule has 0 saturated heterocycles. The van der Waals surface area contributed by atoms with E-state index in [2.05, 4.69) is 31.0 Å². The first kappa shape index (κ1) is 14.7. The van der Waals surface area contributed by atoms with Crippen LogP contribution >= 0.6 is 0 Å². The Balaban J connectivity index is 2.58. The fourth-order valence-corrected chi connectivity index (χ4v) is 1.82. The first-order valence-electron chi connectivity index (χ1n) is 6.39. The molecule has 100 valence electrons. The van der Waals surface area contributed by atoms with E-state index in [4.69, 9.17) is 5.73 Å². The molecule has 3 N–H and O–H groups in total. The third-order valence-corrected chi connectivity index (χ3v) is 2.93. The molecule has 0 bridgehead atoms. The van der Waals surface area contributed by atoms with Gasteiger partial charge < -0.3 is 11.1 Å². The standard InChI is InChI=1S/C14H23N3O/c1-4-17(11(2)3)10-14(18)16-13-7-5-6-12(8-13)9-15/h5-8,11H,4,9-10,15H2,1-3H3,(H,16,18). The number of nitrogens with zero attached hydrogens (tertiary/aromatic N) is 1. The van der Waals surface area contributed by atoms with Gasteiger partial charge in [-0.3, -0.25) is 9.69 Å². The number of nitrogens with two attached hydrogens (primary N) is 1. The molecule has 1 amide bonds. The Kier molecular flexibility index (Phi) is 5.82. The van der Waals surface area contributed by atoms with Gasteiger partial charge in [-0.2, -0.15) is 0 Å². The summed E-state index contributed by atoms with van der Waals surface area (Å²) >= 11 is 0. The number of hydrogen-bond donors (Lipinski definition) is 2. The van der Waals surface area contributed by atoms with Crippen LogP contribution in [0.2, 0.25) is 0 Å². The number of anilines is 1. The van der Waals surface area contributed by atoms with Gasteiger partial charge in [-0.25, -0.2) is 0 Å². The molecule has 0 unspecified atom stereocenters. The van der Waals surface area contributed by atoms with E-state index in [9.17, 15) is 4.79 Å². The highest BCUT2D eigenvalue weighted by Crippen LogP contribution is 2.10. The van der Waals surface area contributed by atoms with Crippen LogP contribution in [0.1, 0.15) is 26.3 Å². The number of benzene rings is 1. The van der Waals surface area contributed by atoms with Crippen LogP contribution in [0.3, 0.4) is 0 Å². The lowest BCUT2D eigenvalue weighted by Crippen LogP contribution is -2.37. The smallest absolute Gasteiger partial charge is 0.238 e. The average Bonchev–Trinajstić information content (AvgIpc) is 2.35. The van der Waals surface area contributed by atoms with Crippen LogP contribution in [0.25, 0.3) is 0 Å². The quantitative estimate of drug-likeness (QED) is 0.808. The van der Waals surface area contributed by atoms with Crippen molar-refractivity contribution < 1.29 is 4.79 Å². The van der Waals surface area contributed by atoms with E-state index in [1.807, 2.05) is 24.3 Å². The fourth-order valence-electron chi connectivity index (χ4n) is 1.82. The highest BCUT2D eigenvalue weighted by atomic mass is 16.2. The average molecular weight is 249 g/mol. The number of likely N-dealkylation sites (N-methyl/N-ethyl adjacent to an activating group) is 1. The summed E-state index contributed by atoms with van der Waals surface area (Å²) in [5.74, 6) is 0.0136. The first-order chi connectivity index (χ1) is 8.56. The number of nitrogens with one attached hydrogen (secondary N) is 1. The predicted octanol–water partition coefficient (Wildman–Crippen LogP) is 1.81. The first-order valence-corrected chi connectivity index (χ1v) is 6.39. The van der Waals surface area contributed by atoms with Gasteiger partial charge in [0.25, 0.3) is 0 Å². The van der Waals surface area contributed by atoms with Crippen molar-refractivity contribution in [3.8, 4) is 0 Å². The van der Waals surface area contributed by atoms with E-state index in [-0.39, 0.29) is 5.91 Å². The summed E-state index contributed by atoms with van der Waals surface area (Å²) in [6.07, 6.45) is 0. The van der Waals surface area contributed by atoms with Crippen LogP contribution in [0, 0.1) is 0 Å².